The van der Waals surface area contributed by atoms with Gasteiger partial charge < -0.3 is 5.11 Å². The van der Waals surface area contributed by atoms with Crippen LogP contribution in [-0.2, 0) is 21.0 Å². The second kappa shape index (κ2) is 9.20. The van der Waals surface area contributed by atoms with Gasteiger partial charge in [-0.3, -0.25) is 0 Å². The number of carboxylic acid groups (broad SMARTS) is 1. The molecule has 3 rings (SSSR count). The van der Waals surface area contributed by atoms with E-state index in [2.05, 4.69) is 5.10 Å². The summed E-state index contributed by atoms with van der Waals surface area (Å²) in [5.41, 5.74) is -1.25. The lowest BCUT2D eigenvalue weighted by Gasteiger charge is -2.17. The number of nitrogens with zero attached hydrogens (tertiary/aromatic N) is 2. The number of benzene rings is 2. The van der Waals surface area contributed by atoms with Crippen molar-refractivity contribution in [2.24, 2.45) is 5.14 Å². The maximum atomic E-state index is 14.3. The molecule has 3 aromatic rings. The number of nitrogens with two attached hydrogens (primary N) is 1. The molecule has 1 aromatic heterocycles. The van der Waals surface area contributed by atoms with Crippen molar-refractivity contribution in [3.63, 3.8) is 0 Å². The van der Waals surface area contributed by atoms with Crippen molar-refractivity contribution in [3.8, 4) is 22.4 Å². The number of hydrogen-bond acceptors (Lipinski definition) is 5. The number of thioether (sulfide) groups is 1. The van der Waals surface area contributed by atoms with E-state index < -0.39 is 33.9 Å². The molecule has 0 spiro atoms. The Morgan fingerprint density at radius 1 is 1.12 bits per heavy atom. The average molecular weight is 500 g/mol. The first-order chi connectivity index (χ1) is 15.4. The predicted molar refractivity (Wildman–Crippen MR) is 118 cm³/mol. The molecule has 2 aromatic carbocycles. The van der Waals surface area contributed by atoms with E-state index in [0.29, 0.717) is 4.68 Å². The topological polar surface area (TPSA) is 115 Å². The maximum absolute atomic E-state index is 14.3. The average Bonchev–Trinajstić information content (AvgIpc) is 3.14. The molecule has 0 bridgehead atoms. The summed E-state index contributed by atoms with van der Waals surface area (Å²) >= 11 is 1.42. The third-order valence-corrected chi connectivity index (χ3v) is 6.65. The van der Waals surface area contributed by atoms with Crippen molar-refractivity contribution in [3.05, 3.63) is 54.2 Å². The molecule has 0 amide bonds. The predicted octanol–water partition coefficient (Wildman–Crippen LogP) is 4.64. The summed E-state index contributed by atoms with van der Waals surface area (Å²) in [5.74, 6) is -1.45. The minimum Gasteiger partial charge on any atom is -0.480 e. The molecule has 0 aliphatic rings. The van der Waals surface area contributed by atoms with Crippen molar-refractivity contribution < 1.29 is 31.5 Å². The van der Waals surface area contributed by atoms with Crippen LogP contribution in [0.3, 0.4) is 0 Å². The Balaban J connectivity index is 2.37. The summed E-state index contributed by atoms with van der Waals surface area (Å²) < 4.78 is 66.5. The first-order valence-electron chi connectivity index (χ1n) is 9.58. The van der Waals surface area contributed by atoms with Gasteiger partial charge in [0.2, 0.25) is 10.0 Å². The number of sulfonamides is 1. The summed E-state index contributed by atoms with van der Waals surface area (Å²) in [5, 5.41) is 18.7. The molecule has 0 radical (unpaired) electrons. The molecule has 0 aliphatic carbocycles. The molecule has 176 valence electrons. The molecule has 0 aliphatic heterocycles. The van der Waals surface area contributed by atoms with Crippen molar-refractivity contribution in [2.75, 3.05) is 6.26 Å². The van der Waals surface area contributed by atoms with E-state index in [1.54, 1.807) is 12.1 Å². The Morgan fingerprint density at radius 2 is 1.67 bits per heavy atom. The molecule has 1 heterocycles. The van der Waals surface area contributed by atoms with Crippen LogP contribution in [0.4, 0.5) is 13.2 Å². The van der Waals surface area contributed by atoms with Gasteiger partial charge in [-0.05, 0) is 42.5 Å². The summed E-state index contributed by atoms with van der Waals surface area (Å²) in [4.78, 5) is 12.3. The summed E-state index contributed by atoms with van der Waals surface area (Å²) in [7, 11) is -4.01. The monoisotopic (exact) mass is 499 g/mol. The quantitative estimate of drug-likeness (QED) is 0.458. The lowest BCUT2D eigenvalue weighted by molar-refractivity contribution is -0.149. The van der Waals surface area contributed by atoms with Gasteiger partial charge in [0, 0.05) is 16.0 Å². The van der Waals surface area contributed by atoms with Gasteiger partial charge in [0.1, 0.15) is 11.7 Å². The fourth-order valence-electron chi connectivity index (χ4n) is 3.42. The first-order valence-corrected chi connectivity index (χ1v) is 12.4. The number of carboxylic acids is 1. The Morgan fingerprint density at radius 3 is 2.09 bits per heavy atom. The van der Waals surface area contributed by atoms with Crippen LogP contribution in [0.15, 0.2) is 58.3 Å². The highest BCUT2D eigenvalue weighted by Crippen LogP contribution is 2.44. The van der Waals surface area contributed by atoms with Gasteiger partial charge in [0.15, 0.2) is 5.69 Å². The Kier molecular flexibility index (Phi) is 6.91. The molecule has 0 saturated heterocycles. The van der Waals surface area contributed by atoms with E-state index in [9.17, 15) is 31.5 Å². The second-order valence-electron chi connectivity index (χ2n) is 7.07. The highest BCUT2D eigenvalue weighted by Gasteiger charge is 2.43. The normalized spacial score (nSPS) is 13.2. The second-order valence-corrected chi connectivity index (χ2v) is 9.52. The molecule has 0 saturated carbocycles. The minimum atomic E-state index is -4.91. The lowest BCUT2D eigenvalue weighted by Crippen LogP contribution is -2.25. The summed E-state index contributed by atoms with van der Waals surface area (Å²) in [6, 6.07) is 9.65. The number of aromatic nitrogens is 2. The molecule has 7 nitrogen and oxygen atoms in total. The Labute approximate surface area is 192 Å². The van der Waals surface area contributed by atoms with Crippen molar-refractivity contribution >= 4 is 27.8 Å². The molecule has 12 heteroatoms. The fraction of sp³-hybridized carbons (Fsp3) is 0.238. The smallest absolute Gasteiger partial charge is 0.433 e. The Hall–Kier alpha value is -2.83. The number of alkyl halides is 3. The largest absolute Gasteiger partial charge is 0.480 e. The molecule has 0 fully saturated rings. The van der Waals surface area contributed by atoms with E-state index in [1.807, 2.05) is 6.26 Å². The SMILES string of the molecule is CCC(C(=O)O)n1nc(-c2ccc(S(N)(=O)=O)cc2)c(-c2ccc(SC)cc2)c1C(F)(F)F. The highest BCUT2D eigenvalue weighted by molar-refractivity contribution is 7.98. The molecule has 1 atom stereocenters. The number of aliphatic carboxylic acids is 1. The minimum absolute atomic E-state index is 0.125. The number of halogens is 3. The van der Waals surface area contributed by atoms with E-state index in [1.165, 1.54) is 43.0 Å². The van der Waals surface area contributed by atoms with E-state index in [-0.39, 0.29) is 33.7 Å². The van der Waals surface area contributed by atoms with Crippen molar-refractivity contribution in [2.45, 2.75) is 35.4 Å². The van der Waals surface area contributed by atoms with Crippen LogP contribution >= 0.6 is 11.8 Å². The van der Waals surface area contributed by atoms with Gasteiger partial charge >= 0.3 is 12.1 Å². The standard InChI is InChI=1S/C21H20F3N3O4S2/c1-3-16(20(28)29)27-19(21(22,23)24)17(12-4-8-14(32-2)9-5-12)18(26-27)13-6-10-15(11-7-13)33(25,30)31/h4-11,16H,3H2,1-2H3,(H,28,29)(H2,25,30,31). The number of hydrogen-bond donors (Lipinski definition) is 2. The highest BCUT2D eigenvalue weighted by atomic mass is 32.2. The summed E-state index contributed by atoms with van der Waals surface area (Å²) in [6.07, 6.45) is -3.22. The van der Waals surface area contributed by atoms with Gasteiger partial charge in [-0.15, -0.1) is 11.8 Å². The van der Waals surface area contributed by atoms with Crippen LogP contribution in [-0.4, -0.2) is 35.5 Å². The van der Waals surface area contributed by atoms with Crippen LogP contribution in [0.25, 0.3) is 22.4 Å². The van der Waals surface area contributed by atoms with Crippen LogP contribution < -0.4 is 5.14 Å². The number of rotatable bonds is 7. The van der Waals surface area contributed by atoms with E-state index in [0.717, 1.165) is 17.0 Å². The van der Waals surface area contributed by atoms with E-state index >= 15 is 0 Å². The van der Waals surface area contributed by atoms with E-state index in [4.69, 9.17) is 5.14 Å². The Bertz CT molecular complexity index is 1270. The molecule has 1 unspecified atom stereocenters. The third kappa shape index (κ3) is 5.07. The number of primary sulfonamides is 1. The zero-order chi connectivity index (χ0) is 24.6. The van der Waals surface area contributed by atoms with Crippen LogP contribution in [0.1, 0.15) is 25.1 Å². The molecule has 33 heavy (non-hydrogen) atoms. The molecular formula is C21H20F3N3O4S2. The van der Waals surface area contributed by atoms with Crippen LogP contribution in [0, 0.1) is 0 Å². The van der Waals surface area contributed by atoms with Crippen molar-refractivity contribution in [1.82, 2.24) is 9.78 Å². The maximum Gasteiger partial charge on any atom is 0.433 e. The van der Waals surface area contributed by atoms with Gasteiger partial charge in [-0.1, -0.05) is 31.2 Å². The van der Waals surface area contributed by atoms with Gasteiger partial charge in [0.05, 0.1) is 4.90 Å². The first kappa shape index (κ1) is 24.8. The van der Waals surface area contributed by atoms with Gasteiger partial charge in [0.25, 0.3) is 0 Å². The molecular weight excluding hydrogens is 479 g/mol. The van der Waals surface area contributed by atoms with Gasteiger partial charge in [-0.2, -0.15) is 18.3 Å². The van der Waals surface area contributed by atoms with Crippen LogP contribution in [0.5, 0.6) is 0 Å². The van der Waals surface area contributed by atoms with Gasteiger partial charge in [-0.25, -0.2) is 23.0 Å². The number of carbonyl (C=O) groups is 1. The van der Waals surface area contributed by atoms with Crippen LogP contribution in [0.2, 0.25) is 0 Å². The fourth-order valence-corrected chi connectivity index (χ4v) is 4.34. The lowest BCUT2D eigenvalue weighted by atomic mass is 9.98. The summed E-state index contributed by atoms with van der Waals surface area (Å²) in [6.45, 7) is 1.45. The van der Waals surface area contributed by atoms with Crippen molar-refractivity contribution in [1.29, 1.82) is 0 Å². The zero-order valence-corrected chi connectivity index (χ0v) is 19.1. The zero-order valence-electron chi connectivity index (χ0n) is 17.5. The molecule has 3 N–H and O–H groups in total. The third-order valence-electron chi connectivity index (χ3n) is 4.98.